The number of halogens is 1. The Bertz CT molecular complexity index is 806. The molecule has 4 rings (SSSR count). The molecule has 0 radical (unpaired) electrons. The van der Waals surface area contributed by atoms with Crippen LogP contribution >= 0.6 is 11.6 Å². The number of benzene rings is 1. The predicted octanol–water partition coefficient (Wildman–Crippen LogP) is 4.01. The molecule has 0 N–H and O–H groups in total. The Morgan fingerprint density at radius 3 is 2.69 bits per heavy atom. The number of carbonyl (C=O) groups is 2. The number of nitrogens with zero attached hydrogens (tertiary/aromatic N) is 1. The summed E-state index contributed by atoms with van der Waals surface area (Å²) in [5, 5.41) is -0.0116. The van der Waals surface area contributed by atoms with Gasteiger partial charge in [-0.05, 0) is 45.1 Å². The molecule has 4 atom stereocenters. The van der Waals surface area contributed by atoms with Gasteiger partial charge in [-0.1, -0.05) is 30.3 Å². The van der Waals surface area contributed by atoms with E-state index in [9.17, 15) is 9.59 Å². The molecule has 1 aromatic rings. The van der Waals surface area contributed by atoms with Gasteiger partial charge >= 0.3 is 0 Å². The van der Waals surface area contributed by atoms with Gasteiger partial charge in [0.1, 0.15) is 6.10 Å². The Hall–Kier alpha value is -1.85. The Morgan fingerprint density at radius 2 is 1.97 bits per heavy atom. The van der Waals surface area contributed by atoms with Gasteiger partial charge in [0.05, 0.1) is 23.6 Å². The number of Topliss-reactive ketones (excluding diaryl/α,β-unsaturated/α-hetero) is 1. The van der Waals surface area contributed by atoms with E-state index in [0.29, 0.717) is 38.0 Å². The fraction of sp³-hybridized carbons (Fsp3) is 0.565. The molecule has 1 saturated carbocycles. The third-order valence-corrected chi connectivity index (χ3v) is 6.39. The van der Waals surface area contributed by atoms with E-state index in [1.165, 1.54) is 0 Å². The summed E-state index contributed by atoms with van der Waals surface area (Å²) >= 11 is 6.35. The number of rotatable bonds is 6. The van der Waals surface area contributed by atoms with Crippen molar-refractivity contribution in [3.05, 3.63) is 47.2 Å². The largest absolute Gasteiger partial charge is 0.483 e. The van der Waals surface area contributed by atoms with Crippen LogP contribution in [0.25, 0.3) is 0 Å². The molecule has 29 heavy (non-hydrogen) atoms. The first-order valence-corrected chi connectivity index (χ1v) is 11.0. The first-order chi connectivity index (χ1) is 14.0. The monoisotopic (exact) mass is 417 g/mol. The minimum absolute atomic E-state index is 0.0116. The Balaban J connectivity index is 1.64. The van der Waals surface area contributed by atoms with Gasteiger partial charge in [-0.15, -0.1) is 11.6 Å². The molecular weight excluding hydrogens is 390 g/mol. The van der Waals surface area contributed by atoms with Gasteiger partial charge in [-0.3, -0.25) is 9.59 Å². The molecule has 5 nitrogen and oxygen atoms in total. The number of hydrogen-bond acceptors (Lipinski definition) is 4. The Kier molecular flexibility index (Phi) is 5.98. The predicted molar refractivity (Wildman–Crippen MR) is 110 cm³/mol. The molecule has 1 fully saturated rings. The van der Waals surface area contributed by atoms with E-state index in [0.717, 1.165) is 12.0 Å². The maximum atomic E-state index is 13.5. The van der Waals surface area contributed by atoms with Crippen LogP contribution in [-0.2, 0) is 19.1 Å². The average Bonchev–Trinajstić information content (AvgIpc) is 2.99. The first kappa shape index (κ1) is 20.4. The summed E-state index contributed by atoms with van der Waals surface area (Å²) in [5.41, 5.74) is 1.45. The molecule has 156 valence electrons. The van der Waals surface area contributed by atoms with Crippen LogP contribution in [0.5, 0.6) is 0 Å². The molecule has 2 heterocycles. The van der Waals surface area contributed by atoms with Crippen LogP contribution in [0.3, 0.4) is 0 Å². The average molecular weight is 418 g/mol. The van der Waals surface area contributed by atoms with Crippen LogP contribution in [0.1, 0.15) is 51.1 Å². The summed E-state index contributed by atoms with van der Waals surface area (Å²) in [6, 6.07) is 9.34. The lowest BCUT2D eigenvalue weighted by atomic mass is 9.77. The van der Waals surface area contributed by atoms with Gasteiger partial charge in [0.25, 0.3) is 5.91 Å². The van der Waals surface area contributed by atoms with Crippen molar-refractivity contribution in [3.63, 3.8) is 0 Å². The lowest BCUT2D eigenvalue weighted by molar-refractivity contribution is -0.135. The van der Waals surface area contributed by atoms with E-state index in [1.54, 1.807) is 4.90 Å². The van der Waals surface area contributed by atoms with Crippen molar-refractivity contribution in [1.29, 1.82) is 0 Å². The van der Waals surface area contributed by atoms with Gasteiger partial charge in [0.15, 0.2) is 11.5 Å². The van der Waals surface area contributed by atoms with Gasteiger partial charge in [0, 0.05) is 18.5 Å². The summed E-state index contributed by atoms with van der Waals surface area (Å²) < 4.78 is 11.8. The van der Waals surface area contributed by atoms with Crippen molar-refractivity contribution in [2.45, 2.75) is 63.2 Å². The van der Waals surface area contributed by atoms with E-state index in [2.05, 4.69) is 0 Å². The quantitative estimate of drug-likeness (QED) is 0.518. The second kappa shape index (κ2) is 8.49. The number of fused-ring (bicyclic) bond motifs is 1. The van der Waals surface area contributed by atoms with Crippen LogP contribution in [0.2, 0.25) is 0 Å². The van der Waals surface area contributed by atoms with Crippen LogP contribution in [0, 0.1) is 5.92 Å². The molecule has 0 spiro atoms. The zero-order chi connectivity index (χ0) is 20.5. The number of ketones is 1. The molecule has 1 aliphatic carbocycles. The molecule has 1 aromatic carbocycles. The number of carbonyl (C=O) groups excluding carboxylic acids is 2. The number of hydrogen-bond donors (Lipinski definition) is 0. The van der Waals surface area contributed by atoms with Gasteiger partial charge in [-0.2, -0.15) is 0 Å². The van der Waals surface area contributed by atoms with E-state index >= 15 is 0 Å². The lowest BCUT2D eigenvalue weighted by Crippen LogP contribution is -2.41. The molecule has 0 aromatic heterocycles. The van der Waals surface area contributed by atoms with Crippen molar-refractivity contribution >= 4 is 23.3 Å². The van der Waals surface area contributed by atoms with Crippen molar-refractivity contribution in [2.24, 2.45) is 5.92 Å². The zero-order valence-electron chi connectivity index (χ0n) is 17.0. The Morgan fingerprint density at radius 1 is 1.21 bits per heavy atom. The molecule has 3 aliphatic rings. The van der Waals surface area contributed by atoms with Crippen LogP contribution in [0.4, 0.5) is 0 Å². The standard InChI is InChI=1S/C23H28ClNO4/c1-14(2)28-12-6-11-25-20(15-7-4-3-5-8-15)19-21(26)17-13-16(24)9-10-18(17)29-22(19)23(25)27/h3-5,7-8,14,16-18,20H,6,9-13H2,1-2H3. The lowest BCUT2D eigenvalue weighted by Gasteiger charge is -2.37. The van der Waals surface area contributed by atoms with Gasteiger partial charge in [0.2, 0.25) is 0 Å². The third-order valence-electron chi connectivity index (χ3n) is 5.99. The molecule has 2 aliphatic heterocycles. The van der Waals surface area contributed by atoms with Crippen LogP contribution in [-0.4, -0.2) is 47.3 Å². The smallest absolute Gasteiger partial charge is 0.290 e. The highest BCUT2D eigenvalue weighted by molar-refractivity contribution is 6.21. The van der Waals surface area contributed by atoms with E-state index < -0.39 is 6.04 Å². The van der Waals surface area contributed by atoms with Gasteiger partial charge in [-0.25, -0.2) is 0 Å². The highest BCUT2D eigenvalue weighted by Crippen LogP contribution is 2.47. The second-order valence-corrected chi connectivity index (χ2v) is 8.98. The molecule has 0 bridgehead atoms. The fourth-order valence-corrected chi connectivity index (χ4v) is 4.95. The summed E-state index contributed by atoms with van der Waals surface area (Å²) in [7, 11) is 0. The van der Waals surface area contributed by atoms with E-state index in [1.807, 2.05) is 44.2 Å². The molecular formula is C23H28ClNO4. The minimum atomic E-state index is -0.401. The molecule has 4 unspecified atom stereocenters. The van der Waals surface area contributed by atoms with Crippen molar-refractivity contribution in [3.8, 4) is 0 Å². The highest BCUT2D eigenvalue weighted by atomic mass is 35.5. The van der Waals surface area contributed by atoms with E-state index in [-0.39, 0.29) is 41.0 Å². The maximum Gasteiger partial charge on any atom is 0.290 e. The number of ether oxygens (including phenoxy) is 2. The number of alkyl halides is 1. The second-order valence-electron chi connectivity index (χ2n) is 8.37. The van der Waals surface area contributed by atoms with Crippen LogP contribution in [0.15, 0.2) is 41.7 Å². The summed E-state index contributed by atoms with van der Waals surface area (Å²) in [4.78, 5) is 28.5. The SMILES string of the molecule is CC(C)OCCCN1C(=O)C2=C(C(=O)C3CC(Cl)CCC3O2)C1c1ccccc1. The molecule has 0 saturated heterocycles. The van der Waals surface area contributed by atoms with Crippen molar-refractivity contribution in [2.75, 3.05) is 13.2 Å². The summed E-state index contributed by atoms with van der Waals surface area (Å²) in [6.07, 6.45) is 2.76. The highest BCUT2D eigenvalue weighted by Gasteiger charge is 2.52. The molecule has 6 heteroatoms. The zero-order valence-corrected chi connectivity index (χ0v) is 17.7. The first-order valence-electron chi connectivity index (χ1n) is 10.5. The fourth-order valence-electron chi connectivity index (χ4n) is 4.63. The topological polar surface area (TPSA) is 55.8 Å². The van der Waals surface area contributed by atoms with Crippen molar-refractivity contribution < 1.29 is 19.1 Å². The summed E-state index contributed by atoms with van der Waals surface area (Å²) in [5.74, 6) is -0.154. The van der Waals surface area contributed by atoms with Crippen LogP contribution < -0.4 is 0 Å². The van der Waals surface area contributed by atoms with E-state index in [4.69, 9.17) is 21.1 Å². The number of amides is 1. The summed E-state index contributed by atoms with van der Waals surface area (Å²) in [6.45, 7) is 5.07. The minimum Gasteiger partial charge on any atom is -0.483 e. The van der Waals surface area contributed by atoms with Crippen molar-refractivity contribution in [1.82, 2.24) is 4.90 Å². The third kappa shape index (κ3) is 3.95. The normalized spacial score (nSPS) is 29.2. The maximum absolute atomic E-state index is 13.5. The molecule has 1 amide bonds. The van der Waals surface area contributed by atoms with Gasteiger partial charge < -0.3 is 14.4 Å². The Labute approximate surface area is 177 Å².